The van der Waals surface area contributed by atoms with Gasteiger partial charge in [-0.2, -0.15) is 0 Å². The maximum atomic E-state index is 5.97. The molecule has 2 nitrogen and oxygen atoms in total. The first kappa shape index (κ1) is 14.7. The van der Waals surface area contributed by atoms with Gasteiger partial charge in [-0.15, -0.1) is 11.8 Å². The number of rotatable bonds is 5. The van der Waals surface area contributed by atoms with Crippen LogP contribution in [-0.2, 0) is 0 Å². The molecule has 2 rings (SSSR count). The average Bonchev–Trinajstić information content (AvgIpc) is 2.91. The van der Waals surface area contributed by atoms with Crippen LogP contribution in [-0.4, -0.2) is 23.8 Å². The molecule has 19 heavy (non-hydrogen) atoms. The van der Waals surface area contributed by atoms with Crippen LogP contribution in [0.3, 0.4) is 0 Å². The minimum atomic E-state index is 0.511. The molecule has 0 aromatic heterocycles. The summed E-state index contributed by atoms with van der Waals surface area (Å²) in [7, 11) is 2.17. The Balaban J connectivity index is 2.37. The van der Waals surface area contributed by atoms with Crippen molar-refractivity contribution in [2.75, 3.05) is 17.7 Å². The first-order chi connectivity index (χ1) is 9.15. The van der Waals surface area contributed by atoms with Crippen molar-refractivity contribution >= 4 is 34.7 Å². The summed E-state index contributed by atoms with van der Waals surface area (Å²) in [6.45, 7) is 2.15. The fourth-order valence-corrected chi connectivity index (χ4v) is 3.95. The van der Waals surface area contributed by atoms with Crippen molar-refractivity contribution in [3.05, 3.63) is 23.8 Å². The molecule has 104 valence electrons. The van der Waals surface area contributed by atoms with Gasteiger partial charge in [-0.05, 0) is 30.7 Å². The molecule has 0 saturated heterocycles. The Morgan fingerprint density at radius 1 is 1.42 bits per heavy atom. The molecule has 0 atom stereocenters. The third-order valence-corrected chi connectivity index (χ3v) is 4.95. The number of nitrogens with zero attached hydrogens (tertiary/aromatic N) is 1. The molecule has 0 bridgehead atoms. The van der Waals surface area contributed by atoms with Gasteiger partial charge < -0.3 is 10.6 Å². The number of anilines is 1. The fourth-order valence-electron chi connectivity index (χ4n) is 2.83. The van der Waals surface area contributed by atoms with Gasteiger partial charge in [-0.1, -0.05) is 38.0 Å². The van der Waals surface area contributed by atoms with E-state index in [0.717, 1.165) is 11.3 Å². The molecule has 1 aliphatic carbocycles. The molecular weight excluding hydrogens is 272 g/mol. The maximum Gasteiger partial charge on any atom is 0.107 e. The number of benzene rings is 1. The van der Waals surface area contributed by atoms with Gasteiger partial charge >= 0.3 is 0 Å². The van der Waals surface area contributed by atoms with Gasteiger partial charge in [0.2, 0.25) is 0 Å². The molecule has 0 unspecified atom stereocenters. The molecule has 2 N–H and O–H groups in total. The zero-order chi connectivity index (χ0) is 13.8. The zero-order valence-corrected chi connectivity index (χ0v) is 13.3. The summed E-state index contributed by atoms with van der Waals surface area (Å²) in [4.78, 5) is 4.09. The average molecular weight is 294 g/mol. The molecule has 1 aliphatic rings. The number of hydrogen-bond acceptors (Lipinski definition) is 3. The number of thiocarbonyl (C=S) groups is 1. The summed E-state index contributed by atoms with van der Waals surface area (Å²) < 4.78 is 0. The Morgan fingerprint density at radius 2 is 2.11 bits per heavy atom. The minimum Gasteiger partial charge on any atom is -0.389 e. The van der Waals surface area contributed by atoms with Crippen LogP contribution >= 0.6 is 24.0 Å². The monoisotopic (exact) mass is 294 g/mol. The molecule has 0 spiro atoms. The van der Waals surface area contributed by atoms with Gasteiger partial charge in [0.1, 0.15) is 4.99 Å². The van der Waals surface area contributed by atoms with Gasteiger partial charge in [-0.3, -0.25) is 0 Å². The fraction of sp³-hybridized carbons (Fsp3) is 0.533. The van der Waals surface area contributed by atoms with E-state index in [1.807, 2.05) is 11.8 Å². The van der Waals surface area contributed by atoms with E-state index < -0.39 is 0 Å². The molecular formula is C15H22N2S2. The first-order valence-corrected chi connectivity index (χ1v) is 8.33. The topological polar surface area (TPSA) is 29.3 Å². The SMILES string of the molecule is CCSc1cccc(N(C)C2CCCC2)c1C(N)=S. The minimum absolute atomic E-state index is 0.511. The third kappa shape index (κ3) is 3.23. The van der Waals surface area contributed by atoms with Crippen molar-refractivity contribution in [1.29, 1.82) is 0 Å². The lowest BCUT2D eigenvalue weighted by atomic mass is 10.1. The van der Waals surface area contributed by atoms with E-state index in [4.69, 9.17) is 18.0 Å². The molecule has 0 heterocycles. The molecule has 0 amide bonds. The highest BCUT2D eigenvalue weighted by Gasteiger charge is 2.23. The second kappa shape index (κ2) is 6.62. The van der Waals surface area contributed by atoms with Crippen LogP contribution in [0.5, 0.6) is 0 Å². The summed E-state index contributed by atoms with van der Waals surface area (Å²) in [6.07, 6.45) is 5.22. The molecule has 0 aliphatic heterocycles. The van der Waals surface area contributed by atoms with E-state index in [1.54, 1.807) is 0 Å². The van der Waals surface area contributed by atoms with Gasteiger partial charge in [0.05, 0.1) is 0 Å². The second-order valence-electron chi connectivity index (χ2n) is 5.00. The molecule has 1 aromatic carbocycles. The first-order valence-electron chi connectivity index (χ1n) is 6.93. The van der Waals surface area contributed by atoms with Crippen molar-refractivity contribution in [2.24, 2.45) is 5.73 Å². The number of nitrogens with two attached hydrogens (primary N) is 1. The Kier molecular flexibility index (Phi) is 5.11. The summed E-state index contributed by atoms with van der Waals surface area (Å²) in [5.41, 5.74) is 8.22. The normalized spacial score (nSPS) is 15.7. The Labute approximate surface area is 125 Å². The summed E-state index contributed by atoms with van der Waals surface area (Å²) in [5, 5.41) is 0. The van der Waals surface area contributed by atoms with Crippen LogP contribution in [0.1, 0.15) is 38.2 Å². The second-order valence-corrected chi connectivity index (χ2v) is 6.74. The highest BCUT2D eigenvalue weighted by atomic mass is 32.2. The number of thioether (sulfide) groups is 1. The Morgan fingerprint density at radius 3 is 2.68 bits per heavy atom. The standard InChI is InChI=1S/C15H22N2S2/c1-3-19-13-10-6-9-12(14(13)15(16)18)17(2)11-7-4-5-8-11/h6,9-11H,3-5,7-8H2,1-2H3,(H2,16,18). The van der Waals surface area contributed by atoms with Gasteiger partial charge in [-0.25, -0.2) is 0 Å². The summed E-state index contributed by atoms with van der Waals surface area (Å²) >= 11 is 7.09. The van der Waals surface area contributed by atoms with Crippen LogP contribution < -0.4 is 10.6 Å². The molecule has 0 radical (unpaired) electrons. The Hall–Kier alpha value is -0.740. The van der Waals surface area contributed by atoms with Gasteiger partial charge in [0.15, 0.2) is 0 Å². The van der Waals surface area contributed by atoms with Crippen LogP contribution in [0.4, 0.5) is 5.69 Å². The highest BCUT2D eigenvalue weighted by molar-refractivity contribution is 7.99. The zero-order valence-electron chi connectivity index (χ0n) is 11.7. The van der Waals surface area contributed by atoms with Crippen molar-refractivity contribution in [1.82, 2.24) is 0 Å². The highest BCUT2D eigenvalue weighted by Crippen LogP contribution is 2.34. The quantitative estimate of drug-likeness (QED) is 0.660. The van der Waals surface area contributed by atoms with E-state index in [-0.39, 0.29) is 0 Å². The van der Waals surface area contributed by atoms with E-state index in [1.165, 1.54) is 36.3 Å². The number of hydrogen-bond donors (Lipinski definition) is 1. The lowest BCUT2D eigenvalue weighted by Crippen LogP contribution is -2.31. The van der Waals surface area contributed by atoms with E-state index in [0.29, 0.717) is 11.0 Å². The lowest BCUT2D eigenvalue weighted by molar-refractivity contribution is 0.652. The van der Waals surface area contributed by atoms with Gasteiger partial charge in [0, 0.05) is 29.2 Å². The largest absolute Gasteiger partial charge is 0.389 e. The van der Waals surface area contributed by atoms with Crippen molar-refractivity contribution < 1.29 is 0 Å². The van der Waals surface area contributed by atoms with E-state index in [2.05, 4.69) is 37.1 Å². The molecule has 1 fully saturated rings. The smallest absolute Gasteiger partial charge is 0.107 e. The van der Waals surface area contributed by atoms with E-state index in [9.17, 15) is 0 Å². The molecule has 4 heteroatoms. The third-order valence-electron chi connectivity index (χ3n) is 3.80. The van der Waals surface area contributed by atoms with Crippen LogP contribution in [0.15, 0.2) is 23.1 Å². The van der Waals surface area contributed by atoms with Crippen molar-refractivity contribution in [3.8, 4) is 0 Å². The predicted octanol–water partition coefficient (Wildman–Crippen LogP) is 3.81. The lowest BCUT2D eigenvalue weighted by Gasteiger charge is -2.29. The van der Waals surface area contributed by atoms with Crippen molar-refractivity contribution in [3.63, 3.8) is 0 Å². The Bertz CT molecular complexity index is 453. The van der Waals surface area contributed by atoms with Crippen LogP contribution in [0.2, 0.25) is 0 Å². The summed E-state index contributed by atoms with van der Waals surface area (Å²) in [5.74, 6) is 1.03. The maximum absolute atomic E-state index is 5.97. The molecule has 1 aromatic rings. The molecule has 1 saturated carbocycles. The summed E-state index contributed by atoms with van der Waals surface area (Å²) in [6, 6.07) is 7.01. The predicted molar refractivity (Wildman–Crippen MR) is 89.4 cm³/mol. The van der Waals surface area contributed by atoms with Crippen LogP contribution in [0.25, 0.3) is 0 Å². The van der Waals surface area contributed by atoms with E-state index >= 15 is 0 Å². The van der Waals surface area contributed by atoms with Crippen molar-refractivity contribution in [2.45, 2.75) is 43.5 Å². The van der Waals surface area contributed by atoms with Gasteiger partial charge in [0.25, 0.3) is 0 Å². The van der Waals surface area contributed by atoms with Crippen LogP contribution in [0, 0.1) is 0 Å².